The smallest absolute Gasteiger partial charge is 0.207 e. The van der Waals surface area contributed by atoms with E-state index >= 15 is 0 Å². The Morgan fingerprint density at radius 2 is 1.72 bits per heavy atom. The average molecular weight is 471 g/mol. The van der Waals surface area contributed by atoms with Crippen LogP contribution in [0.15, 0.2) is 58.5 Å². The Morgan fingerprint density at radius 3 is 2.44 bits per heavy atom. The third kappa shape index (κ3) is 5.00. The fourth-order valence-electron chi connectivity index (χ4n) is 3.09. The summed E-state index contributed by atoms with van der Waals surface area (Å²) < 4.78 is 34.3. The number of hydrogen-bond acceptors (Lipinski definition) is 8. The molecule has 166 valence electrons. The van der Waals surface area contributed by atoms with E-state index in [0.717, 1.165) is 27.6 Å². The van der Waals surface area contributed by atoms with Crippen LogP contribution in [0.1, 0.15) is 11.6 Å². The molecule has 4 aromatic rings. The van der Waals surface area contributed by atoms with Gasteiger partial charge in [-0.1, -0.05) is 0 Å². The van der Waals surface area contributed by atoms with Crippen molar-refractivity contribution in [1.29, 1.82) is 0 Å². The molecule has 0 amide bonds. The molecule has 0 radical (unpaired) electrons. The first-order chi connectivity index (χ1) is 15.6. The van der Waals surface area contributed by atoms with Crippen molar-refractivity contribution in [2.75, 3.05) is 21.3 Å². The molecule has 1 atom stereocenters. The van der Waals surface area contributed by atoms with Crippen molar-refractivity contribution in [3.63, 3.8) is 0 Å². The number of methoxy groups -OCH3 is 3. The molecule has 2 heterocycles. The molecule has 9 heteroatoms. The Bertz CT molecular complexity index is 1220. The lowest BCUT2D eigenvalue weighted by molar-refractivity contribution is 0.395. The maximum atomic E-state index is 12.7. The second-order valence-electron chi connectivity index (χ2n) is 6.79. The Balaban J connectivity index is 1.41. The van der Waals surface area contributed by atoms with Crippen molar-refractivity contribution in [3.8, 4) is 39.1 Å². The number of oxazole rings is 1. The van der Waals surface area contributed by atoms with Gasteiger partial charge >= 0.3 is 0 Å². The van der Waals surface area contributed by atoms with Crippen molar-refractivity contribution < 1.29 is 22.8 Å². The molecule has 2 aromatic carbocycles. The minimum absolute atomic E-state index is 0.217. The number of thiazole rings is 1. The minimum atomic E-state index is -1.21. The van der Waals surface area contributed by atoms with E-state index in [4.69, 9.17) is 18.6 Å². The number of ether oxygens (including phenoxy) is 3. The van der Waals surface area contributed by atoms with Crippen LogP contribution in [0.5, 0.6) is 17.2 Å². The van der Waals surface area contributed by atoms with E-state index in [1.807, 2.05) is 47.8 Å². The van der Waals surface area contributed by atoms with E-state index in [1.54, 1.807) is 27.5 Å². The predicted octanol–water partition coefficient (Wildman–Crippen LogP) is 4.94. The third-order valence-electron chi connectivity index (χ3n) is 4.71. The van der Waals surface area contributed by atoms with Crippen molar-refractivity contribution in [2.24, 2.45) is 0 Å². The summed E-state index contributed by atoms with van der Waals surface area (Å²) in [6.07, 6.45) is 1.64. The summed E-state index contributed by atoms with van der Waals surface area (Å²) in [5.41, 5.74) is 2.50. The minimum Gasteiger partial charge on any atom is -0.497 e. The summed E-state index contributed by atoms with van der Waals surface area (Å²) in [5, 5.41) is 2.71. The summed E-state index contributed by atoms with van der Waals surface area (Å²) in [5.74, 6) is 3.75. The monoisotopic (exact) mass is 470 g/mol. The van der Waals surface area contributed by atoms with Gasteiger partial charge in [-0.15, -0.1) is 11.3 Å². The van der Waals surface area contributed by atoms with Crippen LogP contribution in [-0.2, 0) is 22.3 Å². The van der Waals surface area contributed by atoms with Crippen LogP contribution in [0.25, 0.3) is 21.9 Å². The van der Waals surface area contributed by atoms with Crippen LogP contribution in [0.4, 0.5) is 0 Å². The summed E-state index contributed by atoms with van der Waals surface area (Å²) in [6.45, 7) is 0. The SMILES string of the molecule is COc1ccc(-c2cnc(CS(=O)Cc3csc(-c4ccc(OC)cc4OC)n3)o2)cc1. The highest BCUT2D eigenvalue weighted by atomic mass is 32.2. The number of nitrogens with zero attached hydrogens (tertiary/aromatic N) is 2. The Hall–Kier alpha value is -3.17. The Kier molecular flexibility index (Phi) is 6.87. The highest BCUT2D eigenvalue weighted by molar-refractivity contribution is 7.83. The maximum Gasteiger partial charge on any atom is 0.207 e. The number of aromatic nitrogens is 2. The molecule has 0 saturated carbocycles. The molecule has 0 N–H and O–H groups in total. The zero-order chi connectivity index (χ0) is 22.5. The summed E-state index contributed by atoms with van der Waals surface area (Å²) in [4.78, 5) is 8.91. The van der Waals surface area contributed by atoms with Crippen LogP contribution in [0, 0.1) is 0 Å². The van der Waals surface area contributed by atoms with Gasteiger partial charge in [0.05, 0.1) is 44.5 Å². The van der Waals surface area contributed by atoms with Gasteiger partial charge in [0, 0.05) is 27.8 Å². The van der Waals surface area contributed by atoms with Crippen LogP contribution in [-0.4, -0.2) is 35.5 Å². The van der Waals surface area contributed by atoms with E-state index in [-0.39, 0.29) is 5.75 Å². The molecule has 0 bridgehead atoms. The Labute approximate surface area is 192 Å². The van der Waals surface area contributed by atoms with Crippen LogP contribution < -0.4 is 14.2 Å². The summed E-state index contributed by atoms with van der Waals surface area (Å²) >= 11 is 1.48. The fourth-order valence-corrected chi connectivity index (χ4v) is 5.04. The van der Waals surface area contributed by atoms with Crippen molar-refractivity contribution in [2.45, 2.75) is 11.5 Å². The number of benzene rings is 2. The van der Waals surface area contributed by atoms with Gasteiger partial charge in [0.2, 0.25) is 5.89 Å². The van der Waals surface area contributed by atoms with Gasteiger partial charge < -0.3 is 18.6 Å². The standard InChI is InChI=1S/C23H22N2O5S2/c1-27-17-6-4-15(5-7-17)21-11-24-22(30-21)14-32(26)13-16-12-31-23(25-16)19-9-8-18(28-2)10-20(19)29-3/h4-12H,13-14H2,1-3H3. The van der Waals surface area contributed by atoms with E-state index in [2.05, 4.69) is 9.97 Å². The maximum absolute atomic E-state index is 12.7. The van der Waals surface area contributed by atoms with Gasteiger partial charge in [-0.2, -0.15) is 0 Å². The number of hydrogen-bond donors (Lipinski definition) is 0. The van der Waals surface area contributed by atoms with E-state index < -0.39 is 10.8 Å². The van der Waals surface area contributed by atoms with Crippen molar-refractivity contribution in [1.82, 2.24) is 9.97 Å². The lowest BCUT2D eigenvalue weighted by Gasteiger charge is -2.08. The topological polar surface area (TPSA) is 83.7 Å². The molecule has 0 aliphatic rings. The number of rotatable bonds is 9. The normalized spacial score (nSPS) is 11.8. The quantitative estimate of drug-likeness (QED) is 0.343. The molecule has 0 fully saturated rings. The lowest BCUT2D eigenvalue weighted by atomic mass is 10.2. The molecule has 7 nitrogen and oxygen atoms in total. The van der Waals surface area contributed by atoms with E-state index in [9.17, 15) is 4.21 Å². The fraction of sp³-hybridized carbons (Fsp3) is 0.217. The van der Waals surface area contributed by atoms with Crippen molar-refractivity contribution >= 4 is 22.1 Å². The van der Waals surface area contributed by atoms with Gasteiger partial charge in [-0.25, -0.2) is 9.97 Å². The van der Waals surface area contributed by atoms with Gasteiger partial charge in [0.1, 0.15) is 28.0 Å². The molecule has 0 spiro atoms. The second kappa shape index (κ2) is 9.97. The molecule has 0 saturated heterocycles. The Morgan fingerprint density at radius 1 is 0.969 bits per heavy atom. The highest BCUT2D eigenvalue weighted by Crippen LogP contribution is 2.35. The zero-order valence-electron chi connectivity index (χ0n) is 17.9. The molecule has 0 aliphatic carbocycles. The van der Waals surface area contributed by atoms with Gasteiger partial charge in [0.25, 0.3) is 0 Å². The molecule has 2 aromatic heterocycles. The average Bonchev–Trinajstić information content (AvgIpc) is 3.48. The van der Waals surface area contributed by atoms with Crippen molar-refractivity contribution in [3.05, 3.63) is 65.6 Å². The van der Waals surface area contributed by atoms with Crippen LogP contribution in [0.2, 0.25) is 0 Å². The first-order valence-electron chi connectivity index (χ1n) is 9.70. The first kappa shape index (κ1) is 22.0. The molecule has 4 rings (SSSR count). The summed E-state index contributed by atoms with van der Waals surface area (Å²) in [6, 6.07) is 13.1. The molecule has 0 aliphatic heterocycles. The van der Waals surface area contributed by atoms with Crippen LogP contribution in [0.3, 0.4) is 0 Å². The van der Waals surface area contributed by atoms with E-state index in [0.29, 0.717) is 28.9 Å². The molecular weight excluding hydrogens is 448 g/mol. The highest BCUT2D eigenvalue weighted by Gasteiger charge is 2.15. The van der Waals surface area contributed by atoms with Gasteiger partial charge in [-0.05, 0) is 36.4 Å². The van der Waals surface area contributed by atoms with Gasteiger partial charge in [-0.3, -0.25) is 4.21 Å². The third-order valence-corrected chi connectivity index (χ3v) is 6.82. The predicted molar refractivity (Wildman–Crippen MR) is 125 cm³/mol. The zero-order valence-corrected chi connectivity index (χ0v) is 19.5. The molecule has 32 heavy (non-hydrogen) atoms. The largest absolute Gasteiger partial charge is 0.497 e. The van der Waals surface area contributed by atoms with Crippen LogP contribution >= 0.6 is 11.3 Å². The summed E-state index contributed by atoms with van der Waals surface area (Å²) in [7, 11) is 3.63. The van der Waals surface area contributed by atoms with E-state index in [1.165, 1.54) is 11.3 Å². The molecule has 1 unspecified atom stereocenters. The first-order valence-corrected chi connectivity index (χ1v) is 12.1. The molecular formula is C23H22N2O5S2. The second-order valence-corrected chi connectivity index (χ2v) is 9.10. The van der Waals surface area contributed by atoms with Gasteiger partial charge in [0.15, 0.2) is 5.76 Å². The lowest BCUT2D eigenvalue weighted by Crippen LogP contribution is -2.00.